The maximum Gasteiger partial charge on any atom is 0.286 e. The molecule has 0 bridgehead atoms. The Morgan fingerprint density at radius 2 is 1.84 bits per heavy atom. The number of nitrogens with zero attached hydrogens (tertiary/aromatic N) is 4. The summed E-state index contributed by atoms with van der Waals surface area (Å²) in [6.45, 7) is 0. The number of hydrogen-bond acceptors (Lipinski definition) is 5. The third-order valence-electron chi connectivity index (χ3n) is 3.64. The number of thioether (sulfide) groups is 1. The van der Waals surface area contributed by atoms with Gasteiger partial charge < -0.3 is 5.73 Å². The maximum absolute atomic E-state index is 11.9. The van der Waals surface area contributed by atoms with Gasteiger partial charge in [0.05, 0.1) is 10.6 Å². The van der Waals surface area contributed by atoms with Crippen molar-refractivity contribution in [1.82, 2.24) is 14.8 Å². The molecule has 122 valence electrons. The molecule has 2 N–H and O–H groups in total. The van der Waals surface area contributed by atoms with Crippen LogP contribution in [0, 0.1) is 0 Å². The summed E-state index contributed by atoms with van der Waals surface area (Å²) in [6, 6.07) is 13.6. The summed E-state index contributed by atoms with van der Waals surface area (Å²) in [4.78, 5) is 20.2. The third-order valence-corrected chi connectivity index (χ3v) is 4.45. The van der Waals surface area contributed by atoms with Crippen molar-refractivity contribution in [2.45, 2.75) is 0 Å². The summed E-state index contributed by atoms with van der Waals surface area (Å²) in [5.41, 5.74) is 9.07. The van der Waals surface area contributed by atoms with E-state index in [9.17, 15) is 4.79 Å². The van der Waals surface area contributed by atoms with Gasteiger partial charge in [0, 0.05) is 29.7 Å². The van der Waals surface area contributed by atoms with E-state index < -0.39 is 0 Å². The molecule has 0 saturated carbocycles. The normalized spacial score (nSPS) is 15.6. The van der Waals surface area contributed by atoms with Gasteiger partial charge in [-0.05, 0) is 42.1 Å². The molecule has 0 aliphatic carbocycles. The van der Waals surface area contributed by atoms with Crippen LogP contribution in [-0.2, 0) is 4.79 Å². The highest BCUT2D eigenvalue weighted by Gasteiger charge is 2.21. The van der Waals surface area contributed by atoms with Crippen LogP contribution >= 0.6 is 11.8 Å². The van der Waals surface area contributed by atoms with Gasteiger partial charge >= 0.3 is 0 Å². The molecule has 7 heteroatoms. The van der Waals surface area contributed by atoms with E-state index in [1.54, 1.807) is 23.2 Å². The second-order valence-corrected chi connectivity index (χ2v) is 6.38. The molecule has 1 amide bonds. The van der Waals surface area contributed by atoms with Gasteiger partial charge in [0.1, 0.15) is 5.69 Å². The number of aliphatic imine (C=N–C) groups is 1. The molecule has 0 atom stereocenters. The Bertz CT molecular complexity index is 993. The molecule has 3 aromatic rings. The molecule has 0 spiro atoms. The van der Waals surface area contributed by atoms with Gasteiger partial charge in [0.2, 0.25) is 0 Å². The fourth-order valence-electron chi connectivity index (χ4n) is 2.51. The second-order valence-electron chi connectivity index (χ2n) is 5.31. The van der Waals surface area contributed by atoms with Crippen LogP contribution in [0.3, 0.4) is 0 Å². The topological polar surface area (TPSA) is 86.2 Å². The molecule has 0 radical (unpaired) electrons. The highest BCUT2D eigenvalue weighted by Crippen LogP contribution is 2.30. The van der Waals surface area contributed by atoms with Crippen molar-refractivity contribution in [3.05, 3.63) is 71.5 Å². The zero-order chi connectivity index (χ0) is 17.2. The van der Waals surface area contributed by atoms with Gasteiger partial charge in [-0.3, -0.25) is 9.78 Å². The van der Waals surface area contributed by atoms with Crippen LogP contribution < -0.4 is 5.73 Å². The summed E-state index contributed by atoms with van der Waals surface area (Å²) < 4.78 is 1.79. The van der Waals surface area contributed by atoms with Crippen LogP contribution in [0.5, 0.6) is 0 Å². The molecular formula is C18H13N5OS. The molecule has 0 saturated heterocycles. The third kappa shape index (κ3) is 3.09. The zero-order valence-electron chi connectivity index (χ0n) is 13.0. The van der Waals surface area contributed by atoms with Crippen LogP contribution in [0.15, 0.2) is 71.0 Å². The first kappa shape index (κ1) is 15.3. The van der Waals surface area contributed by atoms with Crippen molar-refractivity contribution < 1.29 is 4.79 Å². The fourth-order valence-corrected chi connectivity index (χ4v) is 3.18. The van der Waals surface area contributed by atoms with Crippen molar-refractivity contribution in [3.63, 3.8) is 0 Å². The Labute approximate surface area is 148 Å². The number of amides is 1. The number of para-hydroxylation sites is 1. The minimum Gasteiger partial charge on any atom is -0.378 e. The Morgan fingerprint density at radius 1 is 1.08 bits per heavy atom. The summed E-state index contributed by atoms with van der Waals surface area (Å²) in [6.07, 6.45) is 7.09. The van der Waals surface area contributed by atoms with E-state index in [1.165, 1.54) is 11.8 Å². The molecule has 1 aromatic carbocycles. The number of carbonyl (C=O) groups is 1. The Morgan fingerprint density at radius 3 is 2.52 bits per heavy atom. The van der Waals surface area contributed by atoms with Gasteiger partial charge in [-0.15, -0.1) is 0 Å². The predicted octanol–water partition coefficient (Wildman–Crippen LogP) is 2.86. The first-order valence-electron chi connectivity index (χ1n) is 7.54. The number of aromatic nitrogens is 3. The molecule has 3 heterocycles. The van der Waals surface area contributed by atoms with Gasteiger partial charge in [-0.25, -0.2) is 4.68 Å². The van der Waals surface area contributed by atoms with Crippen molar-refractivity contribution in [3.8, 4) is 16.9 Å². The number of rotatable bonds is 3. The summed E-state index contributed by atoms with van der Waals surface area (Å²) in [7, 11) is 0. The number of pyridine rings is 1. The van der Waals surface area contributed by atoms with Gasteiger partial charge in [-0.2, -0.15) is 10.1 Å². The first-order chi connectivity index (χ1) is 12.2. The van der Waals surface area contributed by atoms with E-state index in [1.807, 2.05) is 48.7 Å². The lowest BCUT2D eigenvalue weighted by Gasteiger charge is -2.00. The second kappa shape index (κ2) is 6.37. The average Bonchev–Trinajstić information content (AvgIpc) is 3.20. The lowest BCUT2D eigenvalue weighted by Crippen LogP contribution is -2.01. The van der Waals surface area contributed by atoms with Crippen molar-refractivity contribution in [1.29, 1.82) is 0 Å². The number of amidine groups is 1. The lowest BCUT2D eigenvalue weighted by atomic mass is 10.1. The van der Waals surface area contributed by atoms with Crippen molar-refractivity contribution in [2.75, 3.05) is 0 Å². The number of nitrogens with two attached hydrogens (primary N) is 1. The molecule has 0 fully saturated rings. The molecule has 1 aliphatic heterocycles. The summed E-state index contributed by atoms with van der Waals surface area (Å²) >= 11 is 1.17. The quantitative estimate of drug-likeness (QED) is 0.736. The SMILES string of the molecule is NC1=NC(=O)/C(=C/c2cn(-c3ccccc3)nc2-c2ccncc2)S1. The molecule has 6 nitrogen and oxygen atoms in total. The van der Waals surface area contributed by atoms with Crippen molar-refractivity contribution in [2.24, 2.45) is 10.7 Å². The average molecular weight is 347 g/mol. The monoisotopic (exact) mass is 347 g/mol. The van der Waals surface area contributed by atoms with E-state index in [0.717, 1.165) is 22.5 Å². The van der Waals surface area contributed by atoms with E-state index in [4.69, 9.17) is 10.8 Å². The smallest absolute Gasteiger partial charge is 0.286 e. The number of benzene rings is 1. The Hall–Kier alpha value is -3.19. The molecule has 25 heavy (non-hydrogen) atoms. The van der Waals surface area contributed by atoms with E-state index in [2.05, 4.69) is 9.98 Å². The number of hydrogen-bond donors (Lipinski definition) is 1. The zero-order valence-corrected chi connectivity index (χ0v) is 13.9. The summed E-state index contributed by atoms with van der Waals surface area (Å²) in [5.74, 6) is -0.323. The Balaban J connectivity index is 1.83. The largest absolute Gasteiger partial charge is 0.378 e. The van der Waals surface area contributed by atoms with Gasteiger partial charge in [-0.1, -0.05) is 18.2 Å². The van der Waals surface area contributed by atoms with Crippen LogP contribution in [0.25, 0.3) is 23.0 Å². The van der Waals surface area contributed by atoms with Crippen LogP contribution in [0.1, 0.15) is 5.56 Å². The highest BCUT2D eigenvalue weighted by molar-refractivity contribution is 8.18. The summed E-state index contributed by atoms with van der Waals surface area (Å²) in [5, 5.41) is 4.95. The van der Waals surface area contributed by atoms with Gasteiger partial charge in [0.25, 0.3) is 5.91 Å². The minimum absolute atomic E-state index is 0.261. The van der Waals surface area contributed by atoms with E-state index in [-0.39, 0.29) is 11.1 Å². The van der Waals surface area contributed by atoms with Crippen LogP contribution in [0.4, 0.5) is 0 Å². The molecular weight excluding hydrogens is 334 g/mol. The van der Waals surface area contributed by atoms with E-state index >= 15 is 0 Å². The standard InChI is InChI=1S/C18H13N5OS/c19-18-21-17(24)15(25-18)10-13-11-23(14-4-2-1-3-5-14)22-16(13)12-6-8-20-9-7-12/h1-11H,(H2,19,21,24)/b15-10-. The molecule has 1 aliphatic rings. The molecule has 0 unspecified atom stereocenters. The first-order valence-corrected chi connectivity index (χ1v) is 8.36. The van der Waals surface area contributed by atoms with Crippen molar-refractivity contribution >= 4 is 28.9 Å². The molecule has 2 aromatic heterocycles. The molecule has 4 rings (SSSR count). The predicted molar refractivity (Wildman–Crippen MR) is 99.0 cm³/mol. The van der Waals surface area contributed by atoms with E-state index in [0.29, 0.717) is 4.91 Å². The minimum atomic E-state index is -0.323. The number of carbonyl (C=O) groups excluding carboxylic acids is 1. The lowest BCUT2D eigenvalue weighted by molar-refractivity contribution is -0.113. The van der Waals surface area contributed by atoms with Gasteiger partial charge in [0.15, 0.2) is 5.17 Å². The fraction of sp³-hybridized carbons (Fsp3) is 0. The Kier molecular flexibility index (Phi) is 3.91. The maximum atomic E-state index is 11.9. The van der Waals surface area contributed by atoms with Crippen LogP contribution in [-0.4, -0.2) is 25.8 Å². The van der Waals surface area contributed by atoms with Crippen LogP contribution in [0.2, 0.25) is 0 Å². The highest BCUT2D eigenvalue weighted by atomic mass is 32.2.